The molecule has 3 nitrogen and oxygen atoms in total. The molecule has 3 heteroatoms. The third-order valence-corrected chi connectivity index (χ3v) is 13.3. The van der Waals surface area contributed by atoms with E-state index in [0.29, 0.717) is 0 Å². The minimum Gasteiger partial charge on any atom is -0.456 e. The van der Waals surface area contributed by atoms with Gasteiger partial charge in [0.2, 0.25) is 0 Å². The van der Waals surface area contributed by atoms with Crippen LogP contribution in [0.1, 0.15) is 25.0 Å². The van der Waals surface area contributed by atoms with Gasteiger partial charge in [-0.25, -0.2) is 0 Å². The number of hydrogen-bond acceptors (Lipinski definition) is 1. The summed E-state index contributed by atoms with van der Waals surface area (Å²) in [4.78, 5) is 0. The number of nitrogens with zero attached hydrogens (tertiary/aromatic N) is 2. The van der Waals surface area contributed by atoms with E-state index in [1.807, 2.05) is 0 Å². The molecule has 0 saturated heterocycles. The molecule has 12 aromatic rings. The molecule has 0 radical (unpaired) electrons. The fourth-order valence-corrected chi connectivity index (χ4v) is 10.5. The predicted molar refractivity (Wildman–Crippen MR) is 251 cm³/mol. The van der Waals surface area contributed by atoms with Gasteiger partial charge in [0.25, 0.3) is 0 Å². The molecule has 60 heavy (non-hydrogen) atoms. The van der Waals surface area contributed by atoms with Crippen molar-refractivity contribution in [2.75, 3.05) is 0 Å². The molecule has 3 heterocycles. The molecule has 0 aliphatic heterocycles. The normalized spacial score (nSPS) is 13.3. The van der Waals surface area contributed by atoms with Crippen LogP contribution in [0.15, 0.2) is 199 Å². The standard InChI is InChI=1S/C57H38N2O/c1-57(2)48-22-12-9-20-40(48)42-31-45-43-29-36(25-27-52(43)59(53(45)33-49(42)57)50-23-13-10-19-39(50)35-15-5-3-6-16-35)37-26-28-55-46(30-37)47-32-44-41-21-11-14-24-51(41)58(38-17-7-4-8-18-38)54(44)34-56(47)60-55/h3-34H,1-2H3. The second kappa shape index (κ2) is 12.2. The van der Waals surface area contributed by atoms with Crippen LogP contribution in [0.25, 0.3) is 110 Å². The van der Waals surface area contributed by atoms with E-state index in [9.17, 15) is 0 Å². The number of hydrogen-bond donors (Lipinski definition) is 0. The fourth-order valence-electron chi connectivity index (χ4n) is 10.5. The van der Waals surface area contributed by atoms with E-state index in [4.69, 9.17) is 4.42 Å². The second-order valence-electron chi connectivity index (χ2n) is 16.9. The van der Waals surface area contributed by atoms with Crippen molar-refractivity contribution in [1.29, 1.82) is 0 Å². The van der Waals surface area contributed by atoms with Crippen LogP contribution in [0.4, 0.5) is 0 Å². The Balaban J connectivity index is 1.04. The van der Waals surface area contributed by atoms with Crippen molar-refractivity contribution in [1.82, 2.24) is 9.13 Å². The Hall–Kier alpha value is -7.62. The van der Waals surface area contributed by atoms with Gasteiger partial charge in [-0.3, -0.25) is 0 Å². The van der Waals surface area contributed by atoms with Crippen LogP contribution in [0.3, 0.4) is 0 Å². The molecule has 1 aliphatic carbocycles. The monoisotopic (exact) mass is 766 g/mol. The molecule has 0 N–H and O–H groups in total. The first-order valence-corrected chi connectivity index (χ1v) is 20.8. The maximum atomic E-state index is 6.64. The second-order valence-corrected chi connectivity index (χ2v) is 16.9. The van der Waals surface area contributed by atoms with E-state index in [-0.39, 0.29) is 5.41 Å². The highest BCUT2D eigenvalue weighted by Gasteiger charge is 2.36. The van der Waals surface area contributed by atoms with Gasteiger partial charge in [0.1, 0.15) is 11.2 Å². The van der Waals surface area contributed by atoms with Crippen LogP contribution < -0.4 is 0 Å². The number of para-hydroxylation sites is 3. The van der Waals surface area contributed by atoms with E-state index < -0.39 is 0 Å². The average Bonchev–Trinajstić information content (AvgIpc) is 3.99. The van der Waals surface area contributed by atoms with Crippen LogP contribution in [0.2, 0.25) is 0 Å². The van der Waals surface area contributed by atoms with E-state index in [1.165, 1.54) is 82.7 Å². The third kappa shape index (κ3) is 4.60. The summed E-state index contributed by atoms with van der Waals surface area (Å²) in [6.07, 6.45) is 0. The molecule has 13 rings (SSSR count). The summed E-state index contributed by atoms with van der Waals surface area (Å²) >= 11 is 0. The number of furan rings is 1. The van der Waals surface area contributed by atoms with E-state index in [2.05, 4.69) is 217 Å². The SMILES string of the molecule is CC1(C)c2ccccc2-c2cc3c4cc(-c5ccc6oc7cc8c(cc7c6c5)c5ccccc5n8-c5ccccc5)ccc4n(-c4ccccc4-c4ccccc4)c3cc21. The topological polar surface area (TPSA) is 23.0 Å². The van der Waals surface area contributed by atoms with Gasteiger partial charge >= 0.3 is 0 Å². The summed E-state index contributed by atoms with van der Waals surface area (Å²) in [5.74, 6) is 0. The molecule has 0 bridgehead atoms. The molecule has 0 amide bonds. The zero-order valence-electron chi connectivity index (χ0n) is 33.3. The Kier molecular flexibility index (Phi) is 6.78. The number of benzene rings is 9. The van der Waals surface area contributed by atoms with Gasteiger partial charge in [0, 0.05) is 55.0 Å². The Morgan fingerprint density at radius 2 is 0.967 bits per heavy atom. The lowest BCUT2D eigenvalue weighted by Crippen LogP contribution is -2.15. The van der Waals surface area contributed by atoms with Crippen molar-refractivity contribution in [3.8, 4) is 44.8 Å². The van der Waals surface area contributed by atoms with E-state index in [0.717, 1.165) is 38.7 Å². The molecule has 1 aliphatic rings. The first-order chi connectivity index (χ1) is 29.5. The van der Waals surface area contributed by atoms with Gasteiger partial charge in [-0.1, -0.05) is 135 Å². The highest BCUT2D eigenvalue weighted by atomic mass is 16.3. The van der Waals surface area contributed by atoms with Crippen molar-refractivity contribution < 1.29 is 4.42 Å². The van der Waals surface area contributed by atoms with Crippen molar-refractivity contribution in [3.05, 3.63) is 205 Å². The van der Waals surface area contributed by atoms with Gasteiger partial charge in [0.05, 0.1) is 27.8 Å². The van der Waals surface area contributed by atoms with Crippen LogP contribution in [-0.4, -0.2) is 9.13 Å². The molecule has 0 spiro atoms. The van der Waals surface area contributed by atoms with Gasteiger partial charge in [-0.2, -0.15) is 0 Å². The Bertz CT molecular complexity index is 3730. The minimum absolute atomic E-state index is 0.115. The van der Waals surface area contributed by atoms with Crippen molar-refractivity contribution in [3.63, 3.8) is 0 Å². The van der Waals surface area contributed by atoms with Crippen LogP contribution in [-0.2, 0) is 5.41 Å². The first kappa shape index (κ1) is 33.4. The molecule has 0 unspecified atom stereocenters. The molecule has 282 valence electrons. The smallest absolute Gasteiger partial charge is 0.137 e. The van der Waals surface area contributed by atoms with E-state index in [1.54, 1.807) is 0 Å². The lowest BCUT2D eigenvalue weighted by Gasteiger charge is -2.22. The molecule has 0 saturated carbocycles. The Morgan fingerprint density at radius 1 is 0.350 bits per heavy atom. The molecule has 9 aromatic carbocycles. The number of fused-ring (bicyclic) bond motifs is 12. The lowest BCUT2D eigenvalue weighted by molar-refractivity contribution is 0.661. The summed E-state index contributed by atoms with van der Waals surface area (Å²) in [6.45, 7) is 4.74. The molecular weight excluding hydrogens is 729 g/mol. The first-order valence-electron chi connectivity index (χ1n) is 20.8. The summed E-state index contributed by atoms with van der Waals surface area (Å²) in [5.41, 5.74) is 18.9. The number of aromatic nitrogens is 2. The lowest BCUT2D eigenvalue weighted by atomic mass is 9.82. The van der Waals surface area contributed by atoms with Crippen LogP contribution in [0, 0.1) is 0 Å². The maximum absolute atomic E-state index is 6.64. The van der Waals surface area contributed by atoms with Gasteiger partial charge in [-0.05, 0) is 106 Å². The maximum Gasteiger partial charge on any atom is 0.137 e. The minimum atomic E-state index is -0.115. The molecule has 0 fully saturated rings. The fraction of sp³-hybridized carbons (Fsp3) is 0.0526. The van der Waals surface area contributed by atoms with Crippen molar-refractivity contribution in [2.45, 2.75) is 19.3 Å². The molecule has 0 atom stereocenters. The summed E-state index contributed by atoms with van der Waals surface area (Å²) in [5, 5.41) is 7.20. The highest BCUT2D eigenvalue weighted by molar-refractivity contribution is 6.18. The summed E-state index contributed by atoms with van der Waals surface area (Å²) in [7, 11) is 0. The summed E-state index contributed by atoms with van der Waals surface area (Å²) in [6, 6.07) is 71.1. The number of rotatable bonds is 4. The largest absolute Gasteiger partial charge is 0.456 e. The Morgan fingerprint density at radius 3 is 1.82 bits per heavy atom. The van der Waals surface area contributed by atoms with Gasteiger partial charge in [-0.15, -0.1) is 0 Å². The van der Waals surface area contributed by atoms with Crippen molar-refractivity contribution >= 4 is 65.6 Å². The zero-order chi connectivity index (χ0) is 39.7. The van der Waals surface area contributed by atoms with Crippen LogP contribution in [0.5, 0.6) is 0 Å². The predicted octanol–water partition coefficient (Wildman–Crippen LogP) is 15.4. The van der Waals surface area contributed by atoms with Crippen molar-refractivity contribution in [2.24, 2.45) is 0 Å². The average molecular weight is 767 g/mol. The summed E-state index contributed by atoms with van der Waals surface area (Å²) < 4.78 is 11.5. The molecule has 3 aromatic heterocycles. The third-order valence-electron chi connectivity index (χ3n) is 13.3. The van der Waals surface area contributed by atoms with Gasteiger partial charge in [0.15, 0.2) is 0 Å². The van der Waals surface area contributed by atoms with Crippen LogP contribution >= 0.6 is 0 Å². The quantitative estimate of drug-likeness (QED) is 0.175. The van der Waals surface area contributed by atoms with E-state index >= 15 is 0 Å². The highest BCUT2D eigenvalue weighted by Crippen LogP contribution is 2.51. The zero-order valence-corrected chi connectivity index (χ0v) is 33.3. The molecular formula is C57H38N2O. The van der Waals surface area contributed by atoms with Gasteiger partial charge < -0.3 is 13.6 Å². The Labute approximate surface area is 347 Å².